The van der Waals surface area contributed by atoms with E-state index >= 15 is 0 Å². The van der Waals surface area contributed by atoms with Crippen molar-refractivity contribution in [1.29, 1.82) is 0 Å². The molecule has 15 heteroatoms. The average Bonchev–Trinajstić information content (AvgIpc) is 3.55. The topological polar surface area (TPSA) is 209 Å². The molecule has 218 valence electrons. The van der Waals surface area contributed by atoms with Crippen molar-refractivity contribution < 1.29 is 44.6 Å². The summed E-state index contributed by atoms with van der Waals surface area (Å²) in [4.78, 5) is 36.8. The van der Waals surface area contributed by atoms with Crippen molar-refractivity contribution in [3.8, 4) is 12.3 Å². The third-order valence-corrected chi connectivity index (χ3v) is 6.73. The predicted molar refractivity (Wildman–Crippen MR) is 143 cm³/mol. The van der Waals surface area contributed by atoms with Crippen LogP contribution >= 0.6 is 11.6 Å². The minimum Gasteiger partial charge on any atom is -0.479 e. The first-order valence-corrected chi connectivity index (χ1v) is 12.8. The van der Waals surface area contributed by atoms with Crippen LogP contribution in [-0.4, -0.2) is 100 Å². The molecule has 0 unspecified atom stereocenters. The van der Waals surface area contributed by atoms with Gasteiger partial charge in [-0.2, -0.15) is 9.97 Å². The normalized spacial score (nSPS) is 16.5. The van der Waals surface area contributed by atoms with Gasteiger partial charge in [-0.1, -0.05) is 36.3 Å². The zero-order valence-electron chi connectivity index (χ0n) is 21.6. The zero-order chi connectivity index (χ0) is 29.8. The number of aliphatic carboxylic acids is 2. The number of anilines is 1. The second-order valence-corrected chi connectivity index (χ2v) is 9.93. The predicted octanol–water partition coefficient (Wildman–Crippen LogP) is 0.454. The van der Waals surface area contributed by atoms with Crippen LogP contribution in [0.3, 0.4) is 0 Å². The number of nitrogens with zero attached hydrogens (tertiary/aromatic N) is 4. The number of carboxylic acids is 2. The molecule has 4 rings (SSSR count). The van der Waals surface area contributed by atoms with Gasteiger partial charge in [-0.15, -0.1) is 6.42 Å². The van der Waals surface area contributed by atoms with Gasteiger partial charge in [-0.3, -0.25) is 4.57 Å². The summed E-state index contributed by atoms with van der Waals surface area (Å²) in [5.74, 6) is -1.18. The highest BCUT2D eigenvalue weighted by molar-refractivity contribution is 6.28. The number of rotatable bonds is 15. The number of hydrogen-bond donors (Lipinski definition) is 6. The Morgan fingerprint density at radius 1 is 1.22 bits per heavy atom. The van der Waals surface area contributed by atoms with Gasteiger partial charge in [-0.25, -0.2) is 14.6 Å². The first kappa shape index (κ1) is 30.1. The highest BCUT2D eigenvalue weighted by Crippen LogP contribution is 2.35. The van der Waals surface area contributed by atoms with E-state index in [1.807, 2.05) is 0 Å². The van der Waals surface area contributed by atoms with Crippen molar-refractivity contribution in [3.05, 3.63) is 47.5 Å². The van der Waals surface area contributed by atoms with Gasteiger partial charge in [0.05, 0.1) is 25.1 Å². The Kier molecular flexibility index (Phi) is 9.08. The van der Waals surface area contributed by atoms with Crippen molar-refractivity contribution in [2.45, 2.75) is 48.9 Å². The van der Waals surface area contributed by atoms with Crippen molar-refractivity contribution >= 4 is 40.5 Å². The highest BCUT2D eigenvalue weighted by atomic mass is 35.5. The smallest absolute Gasteiger partial charge is 0.348 e. The molecule has 0 amide bonds. The number of aliphatic hydroxyl groups excluding tert-OH is 2. The minimum absolute atomic E-state index is 0.0849. The van der Waals surface area contributed by atoms with Gasteiger partial charge in [0.1, 0.15) is 6.10 Å². The summed E-state index contributed by atoms with van der Waals surface area (Å²) < 4.78 is 12.5. The second kappa shape index (κ2) is 12.4. The molecule has 0 bridgehead atoms. The third-order valence-electron chi connectivity index (χ3n) is 6.56. The van der Waals surface area contributed by atoms with E-state index in [-0.39, 0.29) is 28.8 Å². The van der Waals surface area contributed by atoms with Crippen LogP contribution in [-0.2, 0) is 25.5 Å². The molecule has 1 aromatic carbocycles. The van der Waals surface area contributed by atoms with Crippen molar-refractivity contribution in [3.63, 3.8) is 0 Å². The van der Waals surface area contributed by atoms with E-state index in [1.54, 1.807) is 30.3 Å². The number of aliphatic hydroxyl groups is 3. The van der Waals surface area contributed by atoms with E-state index in [0.29, 0.717) is 18.4 Å². The first-order chi connectivity index (χ1) is 19.5. The molecule has 1 saturated carbocycles. The van der Waals surface area contributed by atoms with Crippen molar-refractivity contribution in [2.24, 2.45) is 0 Å². The molecule has 14 nitrogen and oxygen atoms in total. The summed E-state index contributed by atoms with van der Waals surface area (Å²) in [5.41, 5.74) is -2.87. The molecular weight excluding hydrogens is 562 g/mol. The van der Waals surface area contributed by atoms with Gasteiger partial charge >= 0.3 is 11.9 Å². The van der Waals surface area contributed by atoms with Gasteiger partial charge in [0.25, 0.3) is 5.60 Å². The number of terminal acetylenes is 1. The summed E-state index contributed by atoms with van der Waals surface area (Å²) in [6.45, 7) is -1.28. The largest absolute Gasteiger partial charge is 0.479 e. The number of ether oxygens (including phenoxy) is 2. The Balaban J connectivity index is 1.59. The van der Waals surface area contributed by atoms with E-state index in [2.05, 4.69) is 26.2 Å². The molecule has 0 saturated heterocycles. The Morgan fingerprint density at radius 2 is 1.90 bits per heavy atom. The molecule has 2 heterocycles. The molecule has 0 spiro atoms. The fourth-order valence-corrected chi connectivity index (χ4v) is 4.18. The van der Waals surface area contributed by atoms with Gasteiger partial charge in [-0.05, 0) is 30.0 Å². The Labute approximate surface area is 238 Å². The molecule has 3 atom stereocenters. The number of nitrogens with one attached hydrogen (secondary N) is 1. The van der Waals surface area contributed by atoms with Crippen LogP contribution in [0.5, 0.6) is 0 Å². The maximum absolute atomic E-state index is 12.1. The fraction of sp³-hybridized carbons (Fsp3) is 0.423. The van der Waals surface area contributed by atoms with Crippen LogP contribution in [0.4, 0.5) is 5.82 Å². The van der Waals surface area contributed by atoms with Crippen LogP contribution in [0.15, 0.2) is 36.7 Å². The van der Waals surface area contributed by atoms with E-state index in [4.69, 9.17) is 27.5 Å². The molecule has 0 aliphatic heterocycles. The first-order valence-electron chi connectivity index (χ1n) is 12.4. The summed E-state index contributed by atoms with van der Waals surface area (Å²) >= 11 is 6.11. The van der Waals surface area contributed by atoms with Crippen molar-refractivity contribution in [1.82, 2.24) is 19.5 Å². The molecule has 2 aromatic heterocycles. The molecule has 3 aromatic rings. The SMILES string of the molecule is C#C[C@@H](O)[C@@H](O[C@@H](CO)COC(Cc1ccccc1)(C(=O)O)C(=O)O)n1cnc2c(NCC3(O)CC3)nc(Cl)nc21. The Bertz CT molecular complexity index is 1430. The van der Waals surface area contributed by atoms with Gasteiger partial charge in [0, 0.05) is 13.0 Å². The van der Waals surface area contributed by atoms with Gasteiger partial charge in [0.2, 0.25) is 5.28 Å². The highest BCUT2D eigenvalue weighted by Gasteiger charge is 2.49. The number of carboxylic acid groups (broad SMARTS) is 2. The molecule has 1 aliphatic carbocycles. The molecule has 0 radical (unpaired) electrons. The number of carbonyl (C=O) groups is 2. The van der Waals surface area contributed by atoms with E-state index in [9.17, 15) is 35.1 Å². The summed E-state index contributed by atoms with van der Waals surface area (Å²) in [6, 6.07) is 8.03. The van der Waals surface area contributed by atoms with E-state index in [0.717, 1.165) is 0 Å². The maximum Gasteiger partial charge on any atom is 0.348 e. The number of benzene rings is 1. The van der Waals surface area contributed by atoms with Crippen LogP contribution in [0, 0.1) is 12.3 Å². The standard InChI is InChI=1S/C26H28ClN5O9/c1-2-17(34)21(32-14-29-18-19(28-13-25(39)8-9-25)30-24(27)31-20(18)32)41-16(11-33)12-40-26(22(35)36,23(37)38)10-15-6-4-3-5-7-15/h1,3-7,14,16-17,21,33-34,39H,8-13H2,(H,35,36)(H,37,38)(H,28,30,31)/t16-,17+,21+/m0/s1. The molecule has 6 N–H and O–H groups in total. The van der Waals surface area contributed by atoms with Gasteiger partial charge < -0.3 is 40.3 Å². The molecule has 1 fully saturated rings. The summed E-state index contributed by atoms with van der Waals surface area (Å²) in [6.07, 6.45) is 2.99. The zero-order valence-corrected chi connectivity index (χ0v) is 22.3. The van der Waals surface area contributed by atoms with E-state index < -0.39 is 61.2 Å². The lowest BCUT2D eigenvalue weighted by molar-refractivity contribution is -0.195. The minimum atomic E-state index is -2.70. The van der Waals surface area contributed by atoms with Crippen LogP contribution < -0.4 is 5.32 Å². The van der Waals surface area contributed by atoms with Crippen LogP contribution in [0.2, 0.25) is 5.28 Å². The lowest BCUT2D eigenvalue weighted by atomic mass is 9.94. The number of hydrogen-bond acceptors (Lipinski definition) is 11. The van der Waals surface area contributed by atoms with Crippen LogP contribution in [0.25, 0.3) is 11.2 Å². The summed E-state index contributed by atoms with van der Waals surface area (Å²) in [5, 5.41) is 53.2. The number of aromatic nitrogens is 4. The Morgan fingerprint density at radius 3 is 2.49 bits per heavy atom. The average molecular weight is 590 g/mol. The molecular formula is C26H28ClN5O9. The fourth-order valence-electron chi connectivity index (χ4n) is 4.01. The van der Waals surface area contributed by atoms with E-state index in [1.165, 1.54) is 10.9 Å². The lowest BCUT2D eigenvalue weighted by Gasteiger charge is -2.30. The maximum atomic E-state index is 12.1. The lowest BCUT2D eigenvalue weighted by Crippen LogP contribution is -2.52. The molecule has 41 heavy (non-hydrogen) atoms. The Hall–Kier alpha value is -3.84. The third kappa shape index (κ3) is 6.73. The number of halogens is 1. The number of imidazole rings is 1. The molecule has 1 aliphatic rings. The van der Waals surface area contributed by atoms with Crippen molar-refractivity contribution in [2.75, 3.05) is 25.1 Å². The quantitative estimate of drug-likeness (QED) is 0.0809. The summed E-state index contributed by atoms with van der Waals surface area (Å²) in [7, 11) is 0. The number of fused-ring (bicyclic) bond motifs is 1. The monoisotopic (exact) mass is 589 g/mol. The van der Waals surface area contributed by atoms with Gasteiger partial charge in [0.15, 0.2) is 29.3 Å². The second-order valence-electron chi connectivity index (χ2n) is 9.60. The van der Waals surface area contributed by atoms with Crippen LogP contribution in [0.1, 0.15) is 24.6 Å².